The summed E-state index contributed by atoms with van der Waals surface area (Å²) in [4.78, 5) is 3.73. The number of rotatable bonds is 5. The second kappa shape index (κ2) is 6.96. The highest BCUT2D eigenvalue weighted by Crippen LogP contribution is 2.24. The van der Waals surface area contributed by atoms with E-state index in [1.165, 1.54) is 22.5 Å². The lowest BCUT2D eigenvalue weighted by atomic mass is 10.1. The molecule has 1 fully saturated rings. The average molecular weight is 355 g/mol. The van der Waals surface area contributed by atoms with E-state index in [4.69, 9.17) is 9.26 Å². The number of nitrogens with zero attached hydrogens (tertiary/aromatic N) is 3. The Hall–Kier alpha value is -1.84. The highest BCUT2D eigenvalue weighted by Gasteiger charge is 2.32. The molecule has 1 aromatic carbocycles. The van der Waals surface area contributed by atoms with Crippen LogP contribution in [-0.4, -0.2) is 42.1 Å². The molecule has 24 heavy (non-hydrogen) atoms. The SMILES string of the molecule is Cc1noc(COC2CCCN(S(=O)(=O)c3ccccc3F)C2)n1. The molecular formula is C15H18FN3O4S. The first-order valence-corrected chi connectivity index (χ1v) is 9.06. The number of hydrogen-bond acceptors (Lipinski definition) is 6. The van der Waals surface area contributed by atoms with Gasteiger partial charge in [0.2, 0.25) is 10.0 Å². The van der Waals surface area contributed by atoms with Crippen LogP contribution < -0.4 is 0 Å². The molecule has 130 valence electrons. The molecule has 0 aliphatic carbocycles. The van der Waals surface area contributed by atoms with Crippen LogP contribution in [0.4, 0.5) is 4.39 Å². The summed E-state index contributed by atoms with van der Waals surface area (Å²) in [5.41, 5.74) is 0. The van der Waals surface area contributed by atoms with Gasteiger partial charge in [-0.05, 0) is 31.9 Å². The van der Waals surface area contributed by atoms with Gasteiger partial charge in [-0.3, -0.25) is 0 Å². The van der Waals surface area contributed by atoms with Crippen molar-refractivity contribution in [2.24, 2.45) is 0 Å². The predicted octanol–water partition coefficient (Wildman–Crippen LogP) is 1.89. The van der Waals surface area contributed by atoms with Gasteiger partial charge in [-0.25, -0.2) is 12.8 Å². The van der Waals surface area contributed by atoms with Crippen LogP contribution in [0.25, 0.3) is 0 Å². The lowest BCUT2D eigenvalue weighted by Gasteiger charge is -2.31. The van der Waals surface area contributed by atoms with E-state index >= 15 is 0 Å². The van der Waals surface area contributed by atoms with Crippen LogP contribution >= 0.6 is 0 Å². The van der Waals surface area contributed by atoms with Crippen molar-refractivity contribution in [3.8, 4) is 0 Å². The van der Waals surface area contributed by atoms with Crippen LogP contribution in [0.3, 0.4) is 0 Å². The van der Waals surface area contributed by atoms with E-state index in [1.807, 2.05) is 0 Å². The maximum Gasteiger partial charge on any atom is 0.252 e. The Bertz CT molecular complexity index is 809. The Morgan fingerprint density at radius 2 is 2.21 bits per heavy atom. The monoisotopic (exact) mass is 355 g/mol. The topological polar surface area (TPSA) is 85.5 Å². The first-order chi connectivity index (χ1) is 11.5. The maximum atomic E-state index is 13.8. The molecule has 0 amide bonds. The first kappa shape index (κ1) is 17.0. The summed E-state index contributed by atoms with van der Waals surface area (Å²) in [7, 11) is -3.88. The van der Waals surface area contributed by atoms with Gasteiger partial charge in [0.25, 0.3) is 5.89 Å². The van der Waals surface area contributed by atoms with Crippen molar-refractivity contribution in [1.29, 1.82) is 0 Å². The van der Waals surface area contributed by atoms with Gasteiger partial charge < -0.3 is 9.26 Å². The molecule has 2 heterocycles. The van der Waals surface area contributed by atoms with Gasteiger partial charge in [0.05, 0.1) is 6.10 Å². The average Bonchev–Trinajstić information content (AvgIpc) is 2.99. The molecule has 3 rings (SSSR count). The van der Waals surface area contributed by atoms with Gasteiger partial charge in [0, 0.05) is 13.1 Å². The third-order valence-corrected chi connectivity index (χ3v) is 5.71. The van der Waals surface area contributed by atoms with Crippen molar-refractivity contribution in [3.05, 3.63) is 41.8 Å². The number of piperidine rings is 1. The number of ether oxygens (including phenoxy) is 1. The Morgan fingerprint density at radius 3 is 2.92 bits per heavy atom. The highest BCUT2D eigenvalue weighted by atomic mass is 32.2. The molecule has 9 heteroatoms. The highest BCUT2D eigenvalue weighted by molar-refractivity contribution is 7.89. The lowest BCUT2D eigenvalue weighted by Crippen LogP contribution is -2.43. The van der Waals surface area contributed by atoms with E-state index in [9.17, 15) is 12.8 Å². The third-order valence-electron chi connectivity index (χ3n) is 3.81. The Balaban J connectivity index is 1.67. The Kier molecular flexibility index (Phi) is 4.93. The van der Waals surface area contributed by atoms with Crippen molar-refractivity contribution in [2.75, 3.05) is 13.1 Å². The Morgan fingerprint density at radius 1 is 1.42 bits per heavy atom. The summed E-state index contributed by atoms with van der Waals surface area (Å²) in [6.45, 7) is 2.34. The third kappa shape index (κ3) is 3.63. The molecule has 1 atom stereocenters. The minimum Gasteiger partial charge on any atom is -0.367 e. The van der Waals surface area contributed by atoms with E-state index in [0.29, 0.717) is 24.7 Å². The van der Waals surface area contributed by atoms with Crippen molar-refractivity contribution in [3.63, 3.8) is 0 Å². The second-order valence-electron chi connectivity index (χ2n) is 5.60. The molecule has 0 radical (unpaired) electrons. The van der Waals surface area contributed by atoms with E-state index < -0.39 is 15.8 Å². The van der Waals surface area contributed by atoms with Gasteiger partial charge in [0.1, 0.15) is 17.3 Å². The first-order valence-electron chi connectivity index (χ1n) is 7.62. The molecule has 1 saturated heterocycles. The molecule has 0 saturated carbocycles. The number of sulfonamides is 1. The fourth-order valence-corrected chi connectivity index (χ4v) is 4.22. The van der Waals surface area contributed by atoms with Gasteiger partial charge in [-0.1, -0.05) is 17.3 Å². The quantitative estimate of drug-likeness (QED) is 0.814. The number of aromatic nitrogens is 2. The zero-order chi connectivity index (χ0) is 17.2. The fourth-order valence-electron chi connectivity index (χ4n) is 2.64. The zero-order valence-electron chi connectivity index (χ0n) is 13.2. The van der Waals surface area contributed by atoms with Crippen molar-refractivity contribution in [2.45, 2.75) is 37.4 Å². The van der Waals surface area contributed by atoms with Crippen LogP contribution in [-0.2, 0) is 21.4 Å². The largest absolute Gasteiger partial charge is 0.367 e. The Labute approximate surface area is 139 Å². The molecule has 1 unspecified atom stereocenters. The molecule has 0 N–H and O–H groups in total. The molecular weight excluding hydrogens is 337 g/mol. The number of hydrogen-bond donors (Lipinski definition) is 0. The van der Waals surface area contributed by atoms with E-state index in [-0.39, 0.29) is 24.2 Å². The summed E-state index contributed by atoms with van der Waals surface area (Å²) < 4.78 is 51.0. The standard InChI is InChI=1S/C15H18FN3O4S/c1-11-17-15(23-18-11)10-22-12-5-4-8-19(9-12)24(20,21)14-7-3-2-6-13(14)16/h2-3,6-7,12H,4-5,8-10H2,1H3. The van der Waals surface area contributed by atoms with E-state index in [0.717, 1.165) is 12.5 Å². The molecule has 1 aromatic heterocycles. The van der Waals surface area contributed by atoms with Gasteiger partial charge in [0.15, 0.2) is 5.82 Å². The number of halogens is 1. The van der Waals surface area contributed by atoms with Crippen molar-refractivity contribution in [1.82, 2.24) is 14.4 Å². The zero-order valence-corrected chi connectivity index (χ0v) is 14.0. The van der Waals surface area contributed by atoms with Crippen LogP contribution in [0, 0.1) is 12.7 Å². The smallest absolute Gasteiger partial charge is 0.252 e. The lowest BCUT2D eigenvalue weighted by molar-refractivity contribution is -0.00299. The molecule has 1 aliphatic rings. The predicted molar refractivity (Wildman–Crippen MR) is 82.0 cm³/mol. The van der Waals surface area contributed by atoms with E-state index in [1.54, 1.807) is 6.92 Å². The normalized spacial score (nSPS) is 19.5. The minimum atomic E-state index is -3.88. The number of benzene rings is 1. The molecule has 0 spiro atoms. The van der Waals surface area contributed by atoms with Gasteiger partial charge >= 0.3 is 0 Å². The maximum absolute atomic E-state index is 13.8. The molecule has 1 aliphatic heterocycles. The number of aryl methyl sites for hydroxylation is 1. The summed E-state index contributed by atoms with van der Waals surface area (Å²) in [5, 5.41) is 3.67. The summed E-state index contributed by atoms with van der Waals surface area (Å²) >= 11 is 0. The van der Waals surface area contributed by atoms with Crippen molar-refractivity contribution < 1.29 is 22.1 Å². The van der Waals surface area contributed by atoms with E-state index in [2.05, 4.69) is 10.1 Å². The molecule has 0 bridgehead atoms. The van der Waals surface area contributed by atoms with Gasteiger partial charge in [-0.15, -0.1) is 0 Å². The fraction of sp³-hybridized carbons (Fsp3) is 0.467. The van der Waals surface area contributed by atoms with Crippen LogP contribution in [0.2, 0.25) is 0 Å². The van der Waals surface area contributed by atoms with Crippen LogP contribution in [0.5, 0.6) is 0 Å². The van der Waals surface area contributed by atoms with Crippen molar-refractivity contribution >= 4 is 10.0 Å². The summed E-state index contributed by atoms with van der Waals surface area (Å²) in [6.07, 6.45) is 1.06. The minimum absolute atomic E-state index is 0.124. The van der Waals surface area contributed by atoms with Gasteiger partial charge in [-0.2, -0.15) is 9.29 Å². The van der Waals surface area contributed by atoms with Crippen LogP contribution in [0.1, 0.15) is 24.6 Å². The molecule has 2 aromatic rings. The second-order valence-corrected chi connectivity index (χ2v) is 7.51. The summed E-state index contributed by atoms with van der Waals surface area (Å²) in [6, 6.07) is 5.38. The summed E-state index contributed by atoms with van der Waals surface area (Å²) in [5.74, 6) is 0.115. The molecule has 7 nitrogen and oxygen atoms in total. The van der Waals surface area contributed by atoms with Crippen LogP contribution in [0.15, 0.2) is 33.7 Å².